The number of fused-ring (bicyclic) bond motifs is 1. The Morgan fingerprint density at radius 1 is 1.28 bits per heavy atom. The van der Waals surface area contributed by atoms with Gasteiger partial charge in [-0.25, -0.2) is 9.97 Å². The second-order valence-electron chi connectivity index (χ2n) is 4.31. The molecule has 3 aromatic rings. The number of nitrogens with one attached hydrogen (secondary N) is 1. The monoisotopic (exact) mass is 259 g/mol. The Bertz CT molecular complexity index is 658. The molecule has 0 aliphatic carbocycles. The number of nitrogens with zero attached hydrogens (tertiary/aromatic N) is 2. The average Bonchev–Trinajstić information content (AvgIpc) is 2.99. The summed E-state index contributed by atoms with van der Waals surface area (Å²) >= 11 is 1.61. The molecule has 3 aromatic heterocycles. The van der Waals surface area contributed by atoms with Crippen molar-refractivity contribution in [3.8, 4) is 11.6 Å². The van der Waals surface area contributed by atoms with Gasteiger partial charge in [0, 0.05) is 6.04 Å². The van der Waals surface area contributed by atoms with Crippen LogP contribution in [0.3, 0.4) is 0 Å². The number of hydrogen-bond donors (Lipinski definition) is 1. The van der Waals surface area contributed by atoms with Crippen LogP contribution >= 0.6 is 11.3 Å². The minimum absolute atomic E-state index is 0.326. The van der Waals surface area contributed by atoms with Gasteiger partial charge >= 0.3 is 0 Å². The predicted octanol–water partition coefficient (Wildman–Crippen LogP) is 3.77. The first-order chi connectivity index (χ1) is 8.74. The highest BCUT2D eigenvalue weighted by Gasteiger charge is 2.12. The van der Waals surface area contributed by atoms with Gasteiger partial charge in [0.1, 0.15) is 10.6 Å². The molecule has 3 rings (SSSR count). The Hall–Kier alpha value is -1.88. The fourth-order valence-corrected chi connectivity index (χ4v) is 2.52. The fraction of sp³-hybridized carbons (Fsp3) is 0.231. The van der Waals surface area contributed by atoms with Crippen LogP contribution in [0.1, 0.15) is 13.8 Å². The molecular formula is C13H13N3OS. The first-order valence-electron chi connectivity index (χ1n) is 5.79. The van der Waals surface area contributed by atoms with Gasteiger partial charge in [0.2, 0.25) is 0 Å². The molecule has 5 heteroatoms. The van der Waals surface area contributed by atoms with Crippen LogP contribution in [0.5, 0.6) is 0 Å². The number of rotatable bonds is 3. The van der Waals surface area contributed by atoms with E-state index in [2.05, 4.69) is 29.1 Å². The highest BCUT2D eigenvalue weighted by Crippen LogP contribution is 2.28. The summed E-state index contributed by atoms with van der Waals surface area (Å²) in [4.78, 5) is 10.0. The molecule has 4 nitrogen and oxygen atoms in total. The molecule has 18 heavy (non-hydrogen) atoms. The van der Waals surface area contributed by atoms with E-state index in [1.165, 1.54) is 0 Å². The lowest BCUT2D eigenvalue weighted by atomic mass is 10.3. The van der Waals surface area contributed by atoms with Crippen molar-refractivity contribution < 1.29 is 4.42 Å². The number of hydrogen-bond acceptors (Lipinski definition) is 5. The van der Waals surface area contributed by atoms with Crippen molar-refractivity contribution in [2.45, 2.75) is 19.9 Å². The van der Waals surface area contributed by atoms with Crippen molar-refractivity contribution in [1.29, 1.82) is 0 Å². The number of anilines is 1. The van der Waals surface area contributed by atoms with Gasteiger partial charge in [0.05, 0.1) is 11.6 Å². The van der Waals surface area contributed by atoms with Crippen LogP contribution in [-0.4, -0.2) is 16.0 Å². The number of thiophene rings is 1. The van der Waals surface area contributed by atoms with Crippen LogP contribution in [0.4, 0.5) is 5.82 Å². The van der Waals surface area contributed by atoms with E-state index in [0.29, 0.717) is 17.6 Å². The van der Waals surface area contributed by atoms with Crippen LogP contribution in [0.15, 0.2) is 34.3 Å². The second-order valence-corrected chi connectivity index (χ2v) is 5.21. The van der Waals surface area contributed by atoms with Crippen LogP contribution in [0.25, 0.3) is 21.8 Å². The van der Waals surface area contributed by atoms with Crippen molar-refractivity contribution in [3.05, 3.63) is 29.8 Å². The van der Waals surface area contributed by atoms with Crippen molar-refractivity contribution in [1.82, 2.24) is 9.97 Å². The van der Waals surface area contributed by atoms with Crippen LogP contribution in [0.2, 0.25) is 0 Å². The lowest BCUT2D eigenvalue weighted by Crippen LogP contribution is -2.11. The minimum Gasteiger partial charge on any atom is -0.461 e. The lowest BCUT2D eigenvalue weighted by molar-refractivity contribution is 0.577. The smallest absolute Gasteiger partial charge is 0.199 e. The van der Waals surface area contributed by atoms with E-state index in [-0.39, 0.29) is 0 Å². The molecule has 0 spiro atoms. The zero-order valence-corrected chi connectivity index (χ0v) is 11.0. The summed E-state index contributed by atoms with van der Waals surface area (Å²) < 4.78 is 5.36. The summed E-state index contributed by atoms with van der Waals surface area (Å²) in [5.41, 5.74) is 0. The predicted molar refractivity (Wildman–Crippen MR) is 73.9 cm³/mol. The highest BCUT2D eigenvalue weighted by atomic mass is 32.1. The molecule has 92 valence electrons. The molecule has 0 bridgehead atoms. The maximum Gasteiger partial charge on any atom is 0.199 e. The van der Waals surface area contributed by atoms with E-state index in [1.54, 1.807) is 17.6 Å². The van der Waals surface area contributed by atoms with Gasteiger partial charge in [0.25, 0.3) is 0 Å². The third-order valence-electron chi connectivity index (χ3n) is 2.49. The summed E-state index contributed by atoms with van der Waals surface area (Å²) in [6, 6.07) is 6.07. The SMILES string of the molecule is CC(C)Nc1nc(-c2ccco2)nc2sccc12. The third-order valence-corrected chi connectivity index (χ3v) is 3.30. The lowest BCUT2D eigenvalue weighted by Gasteiger charge is -2.10. The maximum absolute atomic E-state index is 5.36. The zero-order chi connectivity index (χ0) is 12.5. The standard InChI is InChI=1S/C13H13N3OS/c1-8(2)14-11-9-5-7-18-13(9)16-12(15-11)10-4-3-6-17-10/h3-8H,1-2H3,(H,14,15,16). The molecule has 0 radical (unpaired) electrons. The van der Waals surface area contributed by atoms with Crippen LogP contribution in [-0.2, 0) is 0 Å². The summed E-state index contributed by atoms with van der Waals surface area (Å²) in [7, 11) is 0. The molecule has 0 aromatic carbocycles. The van der Waals surface area contributed by atoms with Crippen LogP contribution < -0.4 is 5.32 Å². The van der Waals surface area contributed by atoms with Gasteiger partial charge in [-0.3, -0.25) is 0 Å². The first kappa shape index (κ1) is 11.2. The van der Waals surface area contributed by atoms with E-state index >= 15 is 0 Å². The number of aromatic nitrogens is 2. The third kappa shape index (κ3) is 1.97. The molecule has 0 amide bonds. The Kier molecular flexibility index (Phi) is 2.76. The average molecular weight is 259 g/mol. The topological polar surface area (TPSA) is 51.0 Å². The summed E-state index contributed by atoms with van der Waals surface area (Å²) in [5, 5.41) is 6.43. The summed E-state index contributed by atoms with van der Waals surface area (Å²) in [6.07, 6.45) is 1.63. The molecule has 0 saturated heterocycles. The maximum atomic E-state index is 5.36. The van der Waals surface area contributed by atoms with Crippen molar-refractivity contribution >= 4 is 27.4 Å². The molecule has 3 heterocycles. The van der Waals surface area contributed by atoms with Gasteiger partial charge in [-0.1, -0.05) is 0 Å². The molecule has 0 fully saturated rings. The zero-order valence-electron chi connectivity index (χ0n) is 10.2. The Morgan fingerprint density at radius 3 is 2.89 bits per heavy atom. The number of furan rings is 1. The molecule has 0 saturated carbocycles. The van der Waals surface area contributed by atoms with Crippen molar-refractivity contribution in [3.63, 3.8) is 0 Å². The summed E-state index contributed by atoms with van der Waals surface area (Å²) in [5.74, 6) is 2.18. The molecule has 0 aliphatic rings. The van der Waals surface area contributed by atoms with Crippen molar-refractivity contribution in [2.75, 3.05) is 5.32 Å². The Labute approximate surface area is 109 Å². The molecule has 0 atom stereocenters. The molecule has 0 unspecified atom stereocenters. The van der Waals surface area contributed by atoms with E-state index in [1.807, 2.05) is 23.6 Å². The molecule has 0 aliphatic heterocycles. The van der Waals surface area contributed by atoms with Gasteiger partial charge in [-0.15, -0.1) is 11.3 Å². The van der Waals surface area contributed by atoms with E-state index in [4.69, 9.17) is 4.42 Å². The van der Waals surface area contributed by atoms with Gasteiger partial charge in [-0.05, 0) is 37.4 Å². The molecular weight excluding hydrogens is 246 g/mol. The largest absolute Gasteiger partial charge is 0.461 e. The van der Waals surface area contributed by atoms with Crippen LogP contribution in [0, 0.1) is 0 Å². The van der Waals surface area contributed by atoms with Crippen molar-refractivity contribution in [2.24, 2.45) is 0 Å². The van der Waals surface area contributed by atoms with Gasteiger partial charge < -0.3 is 9.73 Å². The highest BCUT2D eigenvalue weighted by molar-refractivity contribution is 7.16. The van der Waals surface area contributed by atoms with E-state index < -0.39 is 0 Å². The Balaban J connectivity index is 2.17. The quantitative estimate of drug-likeness (QED) is 0.777. The summed E-state index contributed by atoms with van der Waals surface area (Å²) in [6.45, 7) is 4.18. The first-order valence-corrected chi connectivity index (χ1v) is 6.67. The second kappa shape index (κ2) is 4.42. The van der Waals surface area contributed by atoms with E-state index in [9.17, 15) is 0 Å². The normalized spacial score (nSPS) is 11.3. The molecule has 1 N–H and O–H groups in total. The van der Waals surface area contributed by atoms with Gasteiger partial charge in [0.15, 0.2) is 11.6 Å². The fourth-order valence-electron chi connectivity index (χ4n) is 1.75. The van der Waals surface area contributed by atoms with Gasteiger partial charge in [-0.2, -0.15) is 0 Å². The van der Waals surface area contributed by atoms with E-state index in [0.717, 1.165) is 16.0 Å². The minimum atomic E-state index is 0.326. The Morgan fingerprint density at radius 2 is 2.17 bits per heavy atom.